The van der Waals surface area contributed by atoms with Gasteiger partial charge in [0.25, 0.3) is 0 Å². The monoisotopic (exact) mass is 932 g/mol. The third-order valence-electron chi connectivity index (χ3n) is 11.5. The molecule has 7 atom stereocenters. The number of H-pyrrole nitrogens is 1. The van der Waals surface area contributed by atoms with E-state index in [1.165, 1.54) is 30.9 Å². The molecule has 1 aliphatic rings. The van der Waals surface area contributed by atoms with E-state index in [1.807, 2.05) is 0 Å². The fourth-order valence-corrected chi connectivity index (χ4v) is 7.59. The molecule has 0 spiro atoms. The zero-order valence-corrected chi connectivity index (χ0v) is 38.2. The van der Waals surface area contributed by atoms with Crippen LogP contribution >= 0.6 is 0 Å². The lowest BCUT2D eigenvalue weighted by Crippen LogP contribution is -2.61. The number of fused-ring (bicyclic) bond motifs is 1. The van der Waals surface area contributed by atoms with Gasteiger partial charge in [0, 0.05) is 43.0 Å². The van der Waals surface area contributed by atoms with Crippen LogP contribution in [-0.2, 0) is 51.2 Å². The third-order valence-corrected chi connectivity index (χ3v) is 11.5. The number of para-hydroxylation sites is 1. The largest absolute Gasteiger partial charge is 0.508 e. The summed E-state index contributed by atoms with van der Waals surface area (Å²) in [6, 6.07) is 5.29. The maximum absolute atomic E-state index is 14.5. The maximum Gasteiger partial charge on any atom is 0.305 e. The molecule has 4 rings (SSSR count). The first kappa shape index (κ1) is 52.4. The number of phenols is 1. The van der Waals surface area contributed by atoms with Gasteiger partial charge in [-0.25, -0.2) is 0 Å². The highest BCUT2D eigenvalue weighted by atomic mass is 16.4. The number of nitrogens with two attached hydrogens (primary N) is 4. The number of carboxylic acids is 1. The number of nitrogens with one attached hydrogen (secondary N) is 6. The number of primary amides is 1. The molecular formula is C45H64N12O10. The minimum atomic E-state index is -1.66. The predicted octanol–water partition coefficient (Wildman–Crippen LogP) is -1.13. The van der Waals surface area contributed by atoms with E-state index in [2.05, 4.69) is 36.6 Å². The number of hydrogen-bond donors (Lipinski definition) is 12. The van der Waals surface area contributed by atoms with Crippen LogP contribution in [-0.4, -0.2) is 128 Å². The molecule has 2 heterocycles. The van der Waals surface area contributed by atoms with Crippen LogP contribution in [0.1, 0.15) is 77.3 Å². The lowest BCUT2D eigenvalue weighted by molar-refractivity contribution is -0.141. The summed E-state index contributed by atoms with van der Waals surface area (Å²) in [5, 5.41) is 33.4. The molecule has 364 valence electrons. The number of likely N-dealkylation sites (tertiary alicyclic amines) is 1. The van der Waals surface area contributed by atoms with Crippen molar-refractivity contribution in [1.82, 2.24) is 36.5 Å². The van der Waals surface area contributed by atoms with Crippen LogP contribution < -0.4 is 49.5 Å². The summed E-state index contributed by atoms with van der Waals surface area (Å²) in [4.78, 5) is 117. The summed E-state index contributed by atoms with van der Waals surface area (Å²) < 4.78 is 0. The Hall–Kier alpha value is -7.23. The van der Waals surface area contributed by atoms with Crippen molar-refractivity contribution in [2.75, 3.05) is 13.1 Å². The van der Waals surface area contributed by atoms with Crippen molar-refractivity contribution in [3.05, 3.63) is 65.9 Å². The highest BCUT2D eigenvalue weighted by Crippen LogP contribution is 2.22. The van der Waals surface area contributed by atoms with Gasteiger partial charge >= 0.3 is 5.97 Å². The fourth-order valence-electron chi connectivity index (χ4n) is 7.59. The molecule has 0 saturated carbocycles. The quantitative estimate of drug-likeness (QED) is 0.0288. The number of guanidine groups is 1. The van der Waals surface area contributed by atoms with E-state index in [9.17, 15) is 48.6 Å². The Morgan fingerprint density at radius 1 is 0.836 bits per heavy atom. The number of carbonyl (C=O) groups is 8. The number of hydrogen-bond acceptors (Lipinski definition) is 11. The Morgan fingerprint density at radius 2 is 1.46 bits per heavy atom. The number of benzene rings is 2. The van der Waals surface area contributed by atoms with Gasteiger partial charge in [-0.15, -0.1) is 0 Å². The molecule has 3 aromatic rings. The molecule has 1 aliphatic heterocycles. The van der Waals surface area contributed by atoms with Crippen LogP contribution in [0, 0.1) is 5.92 Å². The first-order chi connectivity index (χ1) is 31.6. The number of aromatic amines is 1. The number of rotatable bonds is 24. The van der Waals surface area contributed by atoms with Gasteiger partial charge in [0.15, 0.2) is 5.96 Å². The molecule has 7 amide bonds. The van der Waals surface area contributed by atoms with Gasteiger partial charge in [-0.2, -0.15) is 0 Å². The third kappa shape index (κ3) is 15.2. The highest BCUT2D eigenvalue weighted by molar-refractivity contribution is 5.99. The first-order valence-corrected chi connectivity index (χ1v) is 22.1. The second kappa shape index (κ2) is 23.8. The Morgan fingerprint density at radius 3 is 2.09 bits per heavy atom. The topological polar surface area (TPSA) is 373 Å². The summed E-state index contributed by atoms with van der Waals surface area (Å²) in [5.74, 6) is -7.72. The lowest BCUT2D eigenvalue weighted by atomic mass is 9.96. The molecule has 0 aliphatic carbocycles. The number of carboxylic acid groups (broad SMARTS) is 1. The Kier molecular flexibility index (Phi) is 18.6. The summed E-state index contributed by atoms with van der Waals surface area (Å²) in [7, 11) is 0. The normalized spacial score (nSPS) is 16.3. The predicted molar refractivity (Wildman–Crippen MR) is 247 cm³/mol. The van der Waals surface area contributed by atoms with Crippen molar-refractivity contribution in [2.45, 2.75) is 121 Å². The maximum atomic E-state index is 14.5. The molecule has 1 fully saturated rings. The van der Waals surface area contributed by atoms with E-state index in [4.69, 9.17) is 22.9 Å². The molecule has 22 heteroatoms. The van der Waals surface area contributed by atoms with Crippen LogP contribution in [0.15, 0.2) is 59.7 Å². The van der Waals surface area contributed by atoms with Gasteiger partial charge in [-0.1, -0.05) is 50.6 Å². The SMILES string of the molecule is CC[C@H](C)[C@H](NC(=O)[C@H](CCCN=C(N)N)NC(=O)[C@H](Cc1c[nH]c2ccccc12)NC(=O)[C@H](CC(=O)O)NC(=O)C(C)(C)N)C(=O)N[C@@H](Cc1ccc(O)cc1)C(=O)N1CCC[C@H]1C(N)=O. The van der Waals surface area contributed by atoms with E-state index in [0.29, 0.717) is 35.8 Å². The van der Waals surface area contributed by atoms with Crippen LogP contribution in [0.3, 0.4) is 0 Å². The van der Waals surface area contributed by atoms with Crippen molar-refractivity contribution < 1.29 is 48.6 Å². The second-order valence-corrected chi connectivity index (χ2v) is 17.4. The van der Waals surface area contributed by atoms with Crippen molar-refractivity contribution in [2.24, 2.45) is 33.8 Å². The molecule has 1 aromatic heterocycles. The smallest absolute Gasteiger partial charge is 0.305 e. The van der Waals surface area contributed by atoms with E-state index >= 15 is 0 Å². The Balaban J connectivity index is 1.67. The minimum Gasteiger partial charge on any atom is -0.508 e. The molecule has 0 bridgehead atoms. The van der Waals surface area contributed by atoms with Crippen LogP contribution in [0.2, 0.25) is 0 Å². The molecule has 1 saturated heterocycles. The van der Waals surface area contributed by atoms with Crippen molar-refractivity contribution in [1.29, 1.82) is 0 Å². The highest BCUT2D eigenvalue weighted by Gasteiger charge is 2.39. The average Bonchev–Trinajstić information content (AvgIpc) is 3.93. The lowest BCUT2D eigenvalue weighted by Gasteiger charge is -2.31. The van der Waals surface area contributed by atoms with Gasteiger partial charge in [-0.05, 0) is 74.8 Å². The number of aliphatic imine (C=N–C) groups is 1. The van der Waals surface area contributed by atoms with Crippen molar-refractivity contribution in [3.8, 4) is 5.75 Å². The van der Waals surface area contributed by atoms with Gasteiger partial charge in [0.2, 0.25) is 41.4 Å². The molecule has 67 heavy (non-hydrogen) atoms. The fraction of sp³-hybridized carbons (Fsp3) is 0.489. The molecule has 16 N–H and O–H groups in total. The van der Waals surface area contributed by atoms with E-state index in [-0.39, 0.29) is 50.5 Å². The number of aromatic nitrogens is 1. The van der Waals surface area contributed by atoms with Gasteiger partial charge in [0.1, 0.15) is 42.0 Å². The van der Waals surface area contributed by atoms with Gasteiger partial charge < -0.3 is 69.6 Å². The van der Waals surface area contributed by atoms with E-state index < -0.39 is 101 Å². The number of carbonyl (C=O) groups excluding carboxylic acids is 7. The van der Waals surface area contributed by atoms with Crippen molar-refractivity contribution in [3.63, 3.8) is 0 Å². The number of phenolic OH excluding ortho intramolecular Hbond substituents is 1. The molecule has 2 aromatic carbocycles. The number of aliphatic carboxylic acids is 1. The number of aromatic hydroxyl groups is 1. The Labute approximate surface area is 387 Å². The minimum absolute atomic E-state index is 0.0160. The molecular weight excluding hydrogens is 869 g/mol. The Bertz CT molecular complexity index is 2290. The van der Waals surface area contributed by atoms with Gasteiger partial charge in [-0.3, -0.25) is 43.3 Å². The zero-order valence-electron chi connectivity index (χ0n) is 38.2. The first-order valence-electron chi connectivity index (χ1n) is 22.1. The average molecular weight is 933 g/mol. The summed E-state index contributed by atoms with van der Waals surface area (Å²) >= 11 is 0. The standard InChI is InChI=1S/C45H64N12O10/c1-5-24(2)36(41(65)54-33(20-25-14-16-27(58)17-15-25)42(66)57-19-9-13-34(57)37(46)61)56-38(62)30(12-8-18-50-44(47)48)52-39(63)31(21-26-23-51-29-11-7-6-10-28(26)29)53-40(64)32(22-35(59)60)55-43(67)45(3,4)49/h6-7,10-11,14-17,23-24,30-34,36,51,58H,5,8-9,12-13,18-22,49H2,1-4H3,(H2,46,61)(H,52,63)(H,53,64)(H,54,65)(H,55,67)(H,56,62)(H,59,60)(H4,47,48,50)/t24-,30-,31-,32-,33-,34-,36-/m0/s1. The summed E-state index contributed by atoms with van der Waals surface area (Å²) in [6.45, 7) is 6.50. The molecule has 22 nitrogen and oxygen atoms in total. The second-order valence-electron chi connectivity index (χ2n) is 17.4. The van der Waals surface area contributed by atoms with Gasteiger partial charge in [0.05, 0.1) is 12.0 Å². The summed E-state index contributed by atoms with van der Waals surface area (Å²) in [6.07, 6.45) is 1.89. The van der Waals surface area contributed by atoms with Crippen LogP contribution in [0.4, 0.5) is 0 Å². The molecule has 0 radical (unpaired) electrons. The van der Waals surface area contributed by atoms with Crippen LogP contribution in [0.5, 0.6) is 5.75 Å². The van der Waals surface area contributed by atoms with E-state index in [1.54, 1.807) is 56.4 Å². The molecule has 0 unspecified atom stereocenters. The zero-order chi connectivity index (χ0) is 49.6. The number of amides is 7. The summed E-state index contributed by atoms with van der Waals surface area (Å²) in [5.41, 5.74) is 23.0. The van der Waals surface area contributed by atoms with Crippen LogP contribution in [0.25, 0.3) is 10.9 Å². The van der Waals surface area contributed by atoms with Crippen molar-refractivity contribution >= 4 is 64.2 Å². The number of nitrogens with zero attached hydrogens (tertiary/aromatic N) is 2. The van der Waals surface area contributed by atoms with E-state index in [0.717, 1.165) is 5.52 Å².